The summed E-state index contributed by atoms with van der Waals surface area (Å²) in [6, 6.07) is 5.93. The largest absolute Gasteiger partial charge is 0.493 e. The molecule has 0 spiro atoms. The molecule has 0 aromatic heterocycles. The van der Waals surface area contributed by atoms with Crippen LogP contribution in [0.25, 0.3) is 0 Å². The van der Waals surface area contributed by atoms with Gasteiger partial charge in [-0.2, -0.15) is 0 Å². The van der Waals surface area contributed by atoms with Crippen LogP contribution in [0.4, 0.5) is 0 Å². The van der Waals surface area contributed by atoms with E-state index in [1.807, 2.05) is 18.2 Å². The van der Waals surface area contributed by atoms with Crippen molar-refractivity contribution >= 4 is 15.9 Å². The normalized spacial score (nSPS) is 10.3. The number of hydrogen-bond donors (Lipinski definition) is 1. The van der Waals surface area contributed by atoms with E-state index in [2.05, 4.69) is 22.9 Å². The average Bonchev–Trinajstić information content (AvgIpc) is 2.24. The van der Waals surface area contributed by atoms with Crippen molar-refractivity contribution in [3.05, 3.63) is 28.2 Å². The van der Waals surface area contributed by atoms with E-state index in [1.165, 1.54) is 12.8 Å². The van der Waals surface area contributed by atoms with Crippen LogP contribution in [0.15, 0.2) is 22.7 Å². The molecule has 1 aromatic carbocycles. The Hall–Kier alpha value is -0.540. The monoisotopic (exact) mass is 271 g/mol. The third-order valence-electron chi connectivity index (χ3n) is 2.29. The van der Waals surface area contributed by atoms with Gasteiger partial charge in [0.15, 0.2) is 0 Å². The van der Waals surface area contributed by atoms with E-state index < -0.39 is 0 Å². The molecular formula is C12H18BrNO. The molecule has 15 heavy (non-hydrogen) atoms. The molecule has 0 unspecified atom stereocenters. The second kappa shape index (κ2) is 6.85. The van der Waals surface area contributed by atoms with Crippen LogP contribution in [0.5, 0.6) is 5.75 Å². The van der Waals surface area contributed by atoms with Gasteiger partial charge in [-0.15, -0.1) is 0 Å². The minimum atomic E-state index is 0.504. The van der Waals surface area contributed by atoms with Crippen molar-refractivity contribution in [3.63, 3.8) is 0 Å². The standard InChI is InChI=1S/C12H18BrNO/c1-2-3-4-8-15-12-7-5-6-11(13)10(12)9-14/h5-7H,2-4,8-9,14H2,1H3. The van der Waals surface area contributed by atoms with Gasteiger partial charge in [0, 0.05) is 16.6 Å². The molecule has 0 saturated carbocycles. The first-order chi connectivity index (χ1) is 7.29. The number of halogens is 1. The lowest BCUT2D eigenvalue weighted by Crippen LogP contribution is -2.04. The summed E-state index contributed by atoms with van der Waals surface area (Å²) in [6.07, 6.45) is 3.53. The summed E-state index contributed by atoms with van der Waals surface area (Å²) in [5.74, 6) is 0.906. The molecule has 0 bridgehead atoms. The van der Waals surface area contributed by atoms with Crippen LogP contribution in [0.3, 0.4) is 0 Å². The molecule has 0 aliphatic carbocycles. The summed E-state index contributed by atoms with van der Waals surface area (Å²) in [7, 11) is 0. The van der Waals surface area contributed by atoms with E-state index in [0.29, 0.717) is 6.54 Å². The Morgan fingerprint density at radius 2 is 2.13 bits per heavy atom. The van der Waals surface area contributed by atoms with E-state index >= 15 is 0 Å². The van der Waals surface area contributed by atoms with Gasteiger partial charge in [-0.3, -0.25) is 0 Å². The number of unbranched alkanes of at least 4 members (excludes halogenated alkanes) is 2. The quantitative estimate of drug-likeness (QED) is 0.805. The molecule has 0 aliphatic heterocycles. The van der Waals surface area contributed by atoms with E-state index in [9.17, 15) is 0 Å². The zero-order valence-electron chi connectivity index (χ0n) is 9.13. The third kappa shape index (κ3) is 3.84. The van der Waals surface area contributed by atoms with Crippen LogP contribution in [0.2, 0.25) is 0 Å². The number of ether oxygens (including phenoxy) is 1. The molecule has 2 nitrogen and oxygen atoms in total. The number of nitrogens with two attached hydrogens (primary N) is 1. The molecule has 0 fully saturated rings. The smallest absolute Gasteiger partial charge is 0.124 e. The molecule has 0 aliphatic rings. The Kier molecular flexibility index (Phi) is 5.73. The first kappa shape index (κ1) is 12.5. The van der Waals surface area contributed by atoms with Gasteiger partial charge < -0.3 is 10.5 Å². The van der Waals surface area contributed by atoms with Gasteiger partial charge in [0.25, 0.3) is 0 Å². The van der Waals surface area contributed by atoms with Gasteiger partial charge in [0.05, 0.1) is 6.61 Å². The molecule has 0 radical (unpaired) electrons. The number of hydrogen-bond acceptors (Lipinski definition) is 2. The Labute approximate surface area is 99.9 Å². The zero-order valence-corrected chi connectivity index (χ0v) is 10.7. The molecule has 0 amide bonds. The summed E-state index contributed by atoms with van der Waals surface area (Å²) in [5, 5.41) is 0. The van der Waals surface area contributed by atoms with E-state index in [-0.39, 0.29) is 0 Å². The van der Waals surface area contributed by atoms with Gasteiger partial charge in [0.1, 0.15) is 5.75 Å². The lowest BCUT2D eigenvalue weighted by molar-refractivity contribution is 0.303. The fourth-order valence-corrected chi connectivity index (χ4v) is 1.92. The van der Waals surface area contributed by atoms with Crippen LogP contribution in [-0.4, -0.2) is 6.61 Å². The molecule has 0 saturated heterocycles. The highest BCUT2D eigenvalue weighted by Gasteiger charge is 2.05. The minimum Gasteiger partial charge on any atom is -0.493 e. The Balaban J connectivity index is 2.56. The predicted molar refractivity (Wildman–Crippen MR) is 67.1 cm³/mol. The van der Waals surface area contributed by atoms with Gasteiger partial charge in [-0.05, 0) is 18.6 Å². The summed E-state index contributed by atoms with van der Waals surface area (Å²) >= 11 is 3.47. The Morgan fingerprint density at radius 1 is 1.33 bits per heavy atom. The van der Waals surface area contributed by atoms with Crippen molar-refractivity contribution in [1.82, 2.24) is 0 Å². The summed E-state index contributed by atoms with van der Waals surface area (Å²) in [4.78, 5) is 0. The SMILES string of the molecule is CCCCCOc1cccc(Br)c1CN. The minimum absolute atomic E-state index is 0.504. The van der Waals surface area contributed by atoms with E-state index in [1.54, 1.807) is 0 Å². The van der Waals surface area contributed by atoms with Crippen LogP contribution < -0.4 is 10.5 Å². The lowest BCUT2D eigenvalue weighted by Gasteiger charge is -2.11. The van der Waals surface area contributed by atoms with Crippen LogP contribution >= 0.6 is 15.9 Å². The summed E-state index contributed by atoms with van der Waals surface area (Å²) < 4.78 is 6.73. The first-order valence-corrected chi connectivity index (χ1v) is 6.19. The fraction of sp³-hybridized carbons (Fsp3) is 0.500. The molecule has 3 heteroatoms. The maximum Gasteiger partial charge on any atom is 0.124 e. The molecule has 1 rings (SSSR count). The summed E-state index contributed by atoms with van der Waals surface area (Å²) in [5.41, 5.74) is 6.72. The molecule has 0 heterocycles. The van der Waals surface area contributed by atoms with Crippen molar-refractivity contribution in [2.45, 2.75) is 32.7 Å². The van der Waals surface area contributed by atoms with Crippen LogP contribution in [0.1, 0.15) is 31.7 Å². The van der Waals surface area contributed by atoms with Gasteiger partial charge >= 0.3 is 0 Å². The topological polar surface area (TPSA) is 35.2 Å². The molecule has 84 valence electrons. The first-order valence-electron chi connectivity index (χ1n) is 5.39. The molecular weight excluding hydrogens is 254 g/mol. The molecule has 2 N–H and O–H groups in total. The van der Waals surface area contributed by atoms with Gasteiger partial charge in [0.2, 0.25) is 0 Å². The Morgan fingerprint density at radius 3 is 2.80 bits per heavy atom. The van der Waals surface area contributed by atoms with Gasteiger partial charge in [-0.1, -0.05) is 41.8 Å². The number of benzene rings is 1. The fourth-order valence-electron chi connectivity index (χ4n) is 1.41. The van der Waals surface area contributed by atoms with Crippen molar-refractivity contribution in [3.8, 4) is 5.75 Å². The van der Waals surface area contributed by atoms with Crippen molar-refractivity contribution in [2.75, 3.05) is 6.61 Å². The number of rotatable bonds is 6. The van der Waals surface area contributed by atoms with Crippen LogP contribution in [0, 0.1) is 0 Å². The highest BCUT2D eigenvalue weighted by molar-refractivity contribution is 9.10. The van der Waals surface area contributed by atoms with Gasteiger partial charge in [-0.25, -0.2) is 0 Å². The van der Waals surface area contributed by atoms with Crippen LogP contribution in [-0.2, 0) is 6.54 Å². The van der Waals surface area contributed by atoms with Crippen molar-refractivity contribution in [1.29, 1.82) is 0 Å². The van der Waals surface area contributed by atoms with Crippen molar-refractivity contribution < 1.29 is 4.74 Å². The molecule has 0 atom stereocenters. The second-order valence-corrected chi connectivity index (χ2v) is 4.33. The highest BCUT2D eigenvalue weighted by Crippen LogP contribution is 2.26. The Bertz CT molecular complexity index is 302. The molecule has 1 aromatic rings. The maximum atomic E-state index is 5.70. The maximum absolute atomic E-state index is 5.70. The van der Waals surface area contributed by atoms with Crippen molar-refractivity contribution in [2.24, 2.45) is 5.73 Å². The average molecular weight is 272 g/mol. The zero-order chi connectivity index (χ0) is 11.1. The summed E-state index contributed by atoms with van der Waals surface area (Å²) in [6.45, 7) is 3.46. The highest BCUT2D eigenvalue weighted by atomic mass is 79.9. The predicted octanol–water partition coefficient (Wildman–Crippen LogP) is 3.48. The lowest BCUT2D eigenvalue weighted by atomic mass is 10.2. The van der Waals surface area contributed by atoms with E-state index in [4.69, 9.17) is 10.5 Å². The third-order valence-corrected chi connectivity index (χ3v) is 3.03. The van der Waals surface area contributed by atoms with E-state index in [0.717, 1.165) is 28.8 Å². The second-order valence-electron chi connectivity index (χ2n) is 3.48.